The molecule has 1 fully saturated rings. The summed E-state index contributed by atoms with van der Waals surface area (Å²) in [6.45, 7) is 3.68. The Balaban J connectivity index is 2.00. The van der Waals surface area contributed by atoms with Crippen LogP contribution in [0.1, 0.15) is 42.2 Å². The molecule has 0 unspecified atom stereocenters. The highest BCUT2D eigenvalue weighted by atomic mass is 16.4. The van der Waals surface area contributed by atoms with Gasteiger partial charge in [-0.1, -0.05) is 6.92 Å². The van der Waals surface area contributed by atoms with Crippen molar-refractivity contribution in [2.24, 2.45) is 0 Å². The second-order valence-corrected chi connectivity index (χ2v) is 5.19. The van der Waals surface area contributed by atoms with Gasteiger partial charge in [0.15, 0.2) is 0 Å². The maximum absolute atomic E-state index is 12.1. The van der Waals surface area contributed by atoms with E-state index in [-0.39, 0.29) is 18.0 Å². The standard InChI is InChI=1S/C15H21N3O3/c1-2-12-8-11(15(20)21)9-13(17-12)16-10-14(19)18-6-4-3-5-7-18/h8-9H,2-7,10H2,1H3,(H,16,17)(H,20,21). The first-order valence-corrected chi connectivity index (χ1v) is 7.36. The highest BCUT2D eigenvalue weighted by molar-refractivity contribution is 5.89. The van der Waals surface area contributed by atoms with Gasteiger partial charge in [-0.05, 0) is 37.8 Å². The molecule has 1 aliphatic heterocycles. The number of carbonyl (C=O) groups excluding carboxylic acids is 1. The molecule has 21 heavy (non-hydrogen) atoms. The van der Waals surface area contributed by atoms with Crippen LogP contribution in [0.4, 0.5) is 5.82 Å². The summed E-state index contributed by atoms with van der Waals surface area (Å²) in [7, 11) is 0. The monoisotopic (exact) mass is 291 g/mol. The number of nitrogens with zero attached hydrogens (tertiary/aromatic N) is 2. The number of hydrogen-bond donors (Lipinski definition) is 2. The van der Waals surface area contributed by atoms with Crippen LogP contribution in [-0.4, -0.2) is 46.5 Å². The van der Waals surface area contributed by atoms with E-state index < -0.39 is 5.97 Å². The maximum Gasteiger partial charge on any atom is 0.335 e. The van der Waals surface area contributed by atoms with E-state index in [9.17, 15) is 9.59 Å². The number of nitrogens with one attached hydrogen (secondary N) is 1. The van der Waals surface area contributed by atoms with Crippen LogP contribution in [0.2, 0.25) is 0 Å². The summed E-state index contributed by atoms with van der Waals surface area (Å²) in [6, 6.07) is 3.02. The second-order valence-electron chi connectivity index (χ2n) is 5.19. The van der Waals surface area contributed by atoms with Crippen molar-refractivity contribution >= 4 is 17.7 Å². The van der Waals surface area contributed by atoms with Crippen molar-refractivity contribution in [1.82, 2.24) is 9.88 Å². The molecule has 2 N–H and O–H groups in total. The molecule has 114 valence electrons. The molecule has 0 saturated carbocycles. The third kappa shape index (κ3) is 4.18. The van der Waals surface area contributed by atoms with E-state index in [1.165, 1.54) is 12.5 Å². The van der Waals surface area contributed by atoms with Gasteiger partial charge in [-0.15, -0.1) is 0 Å². The molecule has 6 nitrogen and oxygen atoms in total. The number of carbonyl (C=O) groups is 2. The third-order valence-electron chi connectivity index (χ3n) is 3.62. The summed E-state index contributed by atoms with van der Waals surface area (Å²) in [4.78, 5) is 29.3. The van der Waals surface area contributed by atoms with Crippen LogP contribution >= 0.6 is 0 Å². The van der Waals surface area contributed by atoms with E-state index in [1.807, 2.05) is 11.8 Å². The number of amides is 1. The highest BCUT2D eigenvalue weighted by Gasteiger charge is 2.16. The molecule has 0 atom stereocenters. The number of aromatic carboxylic acids is 1. The molecule has 1 aliphatic rings. The lowest BCUT2D eigenvalue weighted by molar-refractivity contribution is -0.130. The van der Waals surface area contributed by atoms with Crippen molar-refractivity contribution in [3.8, 4) is 0 Å². The van der Waals surface area contributed by atoms with Gasteiger partial charge in [0, 0.05) is 18.8 Å². The summed E-state index contributed by atoms with van der Waals surface area (Å²) >= 11 is 0. The zero-order chi connectivity index (χ0) is 15.2. The number of carboxylic acid groups (broad SMARTS) is 1. The molecule has 1 aromatic rings. The largest absolute Gasteiger partial charge is 0.478 e. The first kappa shape index (κ1) is 15.3. The zero-order valence-electron chi connectivity index (χ0n) is 12.3. The van der Waals surface area contributed by atoms with Crippen LogP contribution < -0.4 is 5.32 Å². The summed E-state index contributed by atoms with van der Waals surface area (Å²) in [6.07, 6.45) is 3.94. The maximum atomic E-state index is 12.1. The fourth-order valence-corrected chi connectivity index (χ4v) is 2.40. The first-order valence-electron chi connectivity index (χ1n) is 7.36. The Bertz CT molecular complexity index is 525. The average Bonchev–Trinajstić information content (AvgIpc) is 2.53. The number of piperidine rings is 1. The lowest BCUT2D eigenvalue weighted by atomic mass is 10.1. The van der Waals surface area contributed by atoms with Crippen molar-refractivity contribution in [2.75, 3.05) is 25.0 Å². The lowest BCUT2D eigenvalue weighted by Crippen LogP contribution is -2.39. The molecule has 2 rings (SSSR count). The lowest BCUT2D eigenvalue weighted by Gasteiger charge is -2.26. The van der Waals surface area contributed by atoms with E-state index in [4.69, 9.17) is 5.11 Å². The van der Waals surface area contributed by atoms with Crippen LogP contribution in [0.15, 0.2) is 12.1 Å². The smallest absolute Gasteiger partial charge is 0.335 e. The first-order chi connectivity index (χ1) is 10.1. The van der Waals surface area contributed by atoms with E-state index >= 15 is 0 Å². The number of anilines is 1. The van der Waals surface area contributed by atoms with Crippen molar-refractivity contribution in [2.45, 2.75) is 32.6 Å². The van der Waals surface area contributed by atoms with Gasteiger partial charge in [0.2, 0.25) is 5.91 Å². The van der Waals surface area contributed by atoms with Gasteiger partial charge >= 0.3 is 5.97 Å². The Morgan fingerprint density at radius 1 is 1.29 bits per heavy atom. The second kappa shape index (κ2) is 7.06. The number of likely N-dealkylation sites (tertiary alicyclic amines) is 1. The minimum atomic E-state index is -0.988. The van der Waals surface area contributed by atoms with Crippen molar-refractivity contribution in [3.63, 3.8) is 0 Å². The molecule has 0 aromatic carbocycles. The number of carboxylic acids is 1. The predicted octanol–water partition coefficient (Wildman–Crippen LogP) is 1.77. The topological polar surface area (TPSA) is 82.5 Å². The van der Waals surface area contributed by atoms with Gasteiger partial charge in [0.1, 0.15) is 5.82 Å². The Morgan fingerprint density at radius 2 is 2.00 bits per heavy atom. The molecular weight excluding hydrogens is 270 g/mol. The van der Waals surface area contributed by atoms with Crippen LogP contribution in [0.5, 0.6) is 0 Å². The van der Waals surface area contributed by atoms with Gasteiger partial charge < -0.3 is 15.3 Å². The van der Waals surface area contributed by atoms with E-state index in [0.717, 1.165) is 25.9 Å². The van der Waals surface area contributed by atoms with E-state index in [1.54, 1.807) is 6.07 Å². The molecule has 0 spiro atoms. The number of aromatic nitrogens is 1. The number of hydrogen-bond acceptors (Lipinski definition) is 4. The third-order valence-corrected chi connectivity index (χ3v) is 3.62. The summed E-state index contributed by atoms with van der Waals surface area (Å²) in [5, 5.41) is 12.0. The Hall–Kier alpha value is -2.11. The number of pyridine rings is 1. The molecule has 2 heterocycles. The zero-order valence-corrected chi connectivity index (χ0v) is 12.3. The van der Waals surface area contributed by atoms with Crippen LogP contribution in [0, 0.1) is 0 Å². The summed E-state index contributed by atoms with van der Waals surface area (Å²) < 4.78 is 0. The summed E-state index contributed by atoms with van der Waals surface area (Å²) in [5.74, 6) is -0.509. The average molecular weight is 291 g/mol. The molecular formula is C15H21N3O3. The van der Waals surface area contributed by atoms with Crippen molar-refractivity contribution in [1.29, 1.82) is 0 Å². The van der Waals surface area contributed by atoms with Crippen LogP contribution in [-0.2, 0) is 11.2 Å². The predicted molar refractivity (Wildman–Crippen MR) is 79.5 cm³/mol. The Morgan fingerprint density at radius 3 is 2.62 bits per heavy atom. The van der Waals surface area contributed by atoms with Gasteiger partial charge in [0.25, 0.3) is 0 Å². The minimum absolute atomic E-state index is 0.0373. The normalized spacial score (nSPS) is 14.8. The molecule has 1 saturated heterocycles. The molecule has 1 aromatic heterocycles. The van der Waals surface area contributed by atoms with Crippen molar-refractivity contribution < 1.29 is 14.7 Å². The van der Waals surface area contributed by atoms with E-state index in [0.29, 0.717) is 17.9 Å². The quantitative estimate of drug-likeness (QED) is 0.864. The van der Waals surface area contributed by atoms with Gasteiger partial charge in [-0.25, -0.2) is 9.78 Å². The molecule has 6 heteroatoms. The van der Waals surface area contributed by atoms with Crippen LogP contribution in [0.25, 0.3) is 0 Å². The molecule has 0 bridgehead atoms. The Kier molecular flexibility index (Phi) is 5.14. The molecule has 0 aliphatic carbocycles. The van der Waals surface area contributed by atoms with E-state index in [2.05, 4.69) is 10.3 Å². The Labute approximate surface area is 124 Å². The molecule has 1 amide bonds. The molecule has 0 radical (unpaired) electrons. The number of rotatable bonds is 5. The fraction of sp³-hybridized carbons (Fsp3) is 0.533. The SMILES string of the molecule is CCc1cc(C(=O)O)cc(NCC(=O)N2CCCCC2)n1. The number of aryl methyl sites for hydroxylation is 1. The van der Waals surface area contributed by atoms with Gasteiger partial charge in [0.05, 0.1) is 12.1 Å². The summed E-state index contributed by atoms with van der Waals surface area (Å²) in [5.41, 5.74) is 0.887. The van der Waals surface area contributed by atoms with Gasteiger partial charge in [-0.3, -0.25) is 4.79 Å². The fourth-order valence-electron chi connectivity index (χ4n) is 2.40. The minimum Gasteiger partial charge on any atom is -0.478 e. The van der Waals surface area contributed by atoms with Gasteiger partial charge in [-0.2, -0.15) is 0 Å². The van der Waals surface area contributed by atoms with Crippen LogP contribution in [0.3, 0.4) is 0 Å². The highest BCUT2D eigenvalue weighted by Crippen LogP contribution is 2.12. The van der Waals surface area contributed by atoms with Crippen molar-refractivity contribution in [3.05, 3.63) is 23.4 Å².